The van der Waals surface area contributed by atoms with E-state index >= 15 is 0 Å². The first-order valence-electron chi connectivity index (χ1n) is 18.9. The van der Waals surface area contributed by atoms with Crippen LogP contribution in [-0.2, 0) is 15.9 Å². The zero-order valence-electron chi connectivity index (χ0n) is 32.7. The Balaban J connectivity index is 1.36. The van der Waals surface area contributed by atoms with Gasteiger partial charge < -0.3 is 95.5 Å². The molecule has 0 saturated carbocycles. The second kappa shape index (κ2) is 15.6. The van der Waals surface area contributed by atoms with Crippen molar-refractivity contribution in [1.29, 1.82) is 0 Å². The lowest BCUT2D eigenvalue weighted by Gasteiger charge is -2.42. The summed E-state index contributed by atoms with van der Waals surface area (Å²) < 4.78 is 24.4. The molecule has 21 nitrogen and oxygen atoms in total. The highest BCUT2D eigenvalue weighted by Crippen LogP contribution is 2.59. The Bertz CT molecular complexity index is 2920. The van der Waals surface area contributed by atoms with Gasteiger partial charge in [0.05, 0.1) is 11.5 Å². The van der Waals surface area contributed by atoms with Crippen LogP contribution in [0.3, 0.4) is 0 Å². The van der Waals surface area contributed by atoms with Crippen LogP contribution in [0.2, 0.25) is 0 Å². The van der Waals surface area contributed by atoms with Crippen molar-refractivity contribution >= 4 is 11.9 Å². The molecule has 0 amide bonds. The molecule has 15 N–H and O–H groups in total. The lowest BCUT2D eigenvalue weighted by atomic mass is 9.77. The Morgan fingerprint density at radius 2 is 1.08 bits per heavy atom. The molecule has 6 aromatic rings. The third-order valence-electron chi connectivity index (χ3n) is 10.9. The van der Waals surface area contributed by atoms with Crippen molar-refractivity contribution in [3.63, 3.8) is 0 Å². The van der Waals surface area contributed by atoms with Gasteiger partial charge >= 0.3 is 11.9 Å². The first-order chi connectivity index (χ1) is 30.7. The number of ether oxygens (including phenoxy) is 4. The minimum atomic E-state index is -1.92. The topological polar surface area (TPSA) is 375 Å². The van der Waals surface area contributed by atoms with Gasteiger partial charge in [-0.15, -0.1) is 0 Å². The summed E-state index contributed by atoms with van der Waals surface area (Å²) in [6.07, 6.45) is -7.49. The van der Waals surface area contributed by atoms with Crippen molar-refractivity contribution in [3.05, 3.63) is 112 Å². The summed E-state index contributed by atoms with van der Waals surface area (Å²) in [5.41, 5.74) is -2.55. The van der Waals surface area contributed by atoms with Gasteiger partial charge in [0, 0.05) is 52.4 Å². The van der Waals surface area contributed by atoms with E-state index in [-0.39, 0.29) is 28.0 Å². The van der Waals surface area contributed by atoms with E-state index in [1.54, 1.807) is 0 Å². The van der Waals surface area contributed by atoms with Crippen molar-refractivity contribution < 1.29 is 105 Å². The second-order valence-corrected chi connectivity index (χ2v) is 14.9. The number of benzene rings is 6. The lowest BCUT2D eigenvalue weighted by Crippen LogP contribution is -2.40. The summed E-state index contributed by atoms with van der Waals surface area (Å²) >= 11 is 0. The smallest absolute Gasteiger partial charge is 0.342 e. The average Bonchev–Trinajstić information content (AvgIpc) is 3.24. The molecule has 2 aliphatic heterocycles. The molecule has 2 aliphatic rings. The Morgan fingerprint density at radius 3 is 1.72 bits per heavy atom. The molecule has 21 heteroatoms. The minimum Gasteiger partial charge on any atom is -0.508 e. The number of esters is 2. The largest absolute Gasteiger partial charge is 0.508 e. The van der Waals surface area contributed by atoms with Crippen molar-refractivity contribution in [1.82, 2.24) is 0 Å². The lowest BCUT2D eigenvalue weighted by molar-refractivity contribution is -0.0304. The SMILES string of the molecule is O=C(O[C@@H]1Cc2c(O)cc(O)c([C@@H]3c4c(O)cc(O)cc4O[C@@H](c4ccc(O)c(O)c4)[C@@H]3OC(=O)c3ccc(O)c(O)c3O)c2O[C@@H]1c1cc(O)c(O)c(O)c1)c1cc(O)c(O)c(O)c1. The quantitative estimate of drug-likeness (QED) is 0.0764. The zero-order chi connectivity index (χ0) is 46.9. The Hall–Kier alpha value is -9.14. The van der Waals surface area contributed by atoms with Gasteiger partial charge in [-0.05, 0) is 48.5 Å². The fraction of sp³-hybridized carbons (Fsp3) is 0.136. The summed E-state index contributed by atoms with van der Waals surface area (Å²) in [6, 6.07) is 11.0. The van der Waals surface area contributed by atoms with Crippen LogP contribution < -0.4 is 9.47 Å². The Kier molecular flexibility index (Phi) is 10.2. The summed E-state index contributed by atoms with van der Waals surface area (Å²) in [5, 5.41) is 159. The molecule has 0 aliphatic carbocycles. The summed E-state index contributed by atoms with van der Waals surface area (Å²) in [6.45, 7) is 0. The first-order valence-corrected chi connectivity index (χ1v) is 18.9. The van der Waals surface area contributed by atoms with Crippen LogP contribution in [0.25, 0.3) is 0 Å². The monoisotopic (exact) mass is 898 g/mol. The molecule has 0 spiro atoms. The van der Waals surface area contributed by atoms with Crippen LogP contribution in [0.5, 0.6) is 97.7 Å². The number of fused-ring (bicyclic) bond motifs is 2. The molecule has 0 saturated heterocycles. The number of carbonyl (C=O) groups is 2. The van der Waals surface area contributed by atoms with Gasteiger partial charge in [-0.3, -0.25) is 0 Å². The average molecular weight is 899 g/mol. The van der Waals surface area contributed by atoms with E-state index in [4.69, 9.17) is 18.9 Å². The maximum absolute atomic E-state index is 14.1. The highest BCUT2D eigenvalue weighted by Gasteiger charge is 2.50. The molecule has 65 heavy (non-hydrogen) atoms. The second-order valence-electron chi connectivity index (χ2n) is 14.9. The Morgan fingerprint density at radius 1 is 0.477 bits per heavy atom. The standard InChI is InChI=1S/C44H34O21/c45-17-10-24(50)32-30(11-17)62-40(14-1-3-20(46)23(49)5-14)42(65-44(61)18-2-4-21(47)38(59)35(18)56)34(32)33-25(51)13-22(48)19-12-31(63-43(60)16-8-28(54)37(58)29(55)9-16)39(64-41(19)33)15-6-26(52)36(57)27(53)7-15/h1-11,13,31,34,39-40,42,45-59H,12H2/t31-,34+,39-,40+,42-/m1/s1. The summed E-state index contributed by atoms with van der Waals surface area (Å²) in [4.78, 5) is 27.7. The molecule has 5 atom stereocenters. The van der Waals surface area contributed by atoms with E-state index in [2.05, 4.69) is 0 Å². The number of hydrogen-bond acceptors (Lipinski definition) is 21. The van der Waals surface area contributed by atoms with E-state index < -0.39 is 157 Å². The van der Waals surface area contributed by atoms with Gasteiger partial charge in [-0.25, -0.2) is 9.59 Å². The van der Waals surface area contributed by atoms with Gasteiger partial charge in [0.15, 0.2) is 75.8 Å². The highest BCUT2D eigenvalue weighted by molar-refractivity contribution is 5.94. The highest BCUT2D eigenvalue weighted by atomic mass is 16.6. The zero-order valence-corrected chi connectivity index (χ0v) is 32.7. The Labute approximate surface area is 362 Å². The van der Waals surface area contributed by atoms with Gasteiger partial charge in [0.2, 0.25) is 5.75 Å². The number of aromatic hydroxyl groups is 15. The third kappa shape index (κ3) is 7.30. The summed E-state index contributed by atoms with van der Waals surface area (Å²) in [5.74, 6) is -18.1. The summed E-state index contributed by atoms with van der Waals surface area (Å²) in [7, 11) is 0. The molecule has 0 aromatic heterocycles. The molecule has 0 unspecified atom stereocenters. The third-order valence-corrected chi connectivity index (χ3v) is 10.9. The van der Waals surface area contributed by atoms with Gasteiger partial charge in [0.25, 0.3) is 0 Å². The number of carbonyl (C=O) groups excluding carboxylic acids is 2. The molecule has 0 fully saturated rings. The molecular weight excluding hydrogens is 864 g/mol. The molecule has 6 aromatic carbocycles. The maximum atomic E-state index is 14.1. The van der Waals surface area contributed by atoms with E-state index in [0.717, 1.165) is 66.7 Å². The normalized spacial score (nSPS) is 18.6. The van der Waals surface area contributed by atoms with Crippen LogP contribution in [0.15, 0.2) is 72.8 Å². The fourth-order valence-corrected chi connectivity index (χ4v) is 7.82. The van der Waals surface area contributed by atoms with Crippen LogP contribution in [0.1, 0.15) is 66.7 Å². The van der Waals surface area contributed by atoms with Gasteiger partial charge in [0.1, 0.15) is 46.2 Å². The van der Waals surface area contributed by atoms with E-state index in [1.165, 1.54) is 6.07 Å². The van der Waals surface area contributed by atoms with Crippen molar-refractivity contribution in [2.75, 3.05) is 0 Å². The molecule has 8 rings (SSSR count). The predicted molar refractivity (Wildman–Crippen MR) is 214 cm³/mol. The maximum Gasteiger partial charge on any atom is 0.342 e. The number of rotatable bonds is 7. The molecular formula is C44H34O21. The van der Waals surface area contributed by atoms with Crippen LogP contribution in [0.4, 0.5) is 0 Å². The minimum absolute atomic E-state index is 0.0615. The van der Waals surface area contributed by atoms with Crippen molar-refractivity contribution in [2.24, 2.45) is 0 Å². The fourth-order valence-electron chi connectivity index (χ4n) is 7.82. The molecule has 0 radical (unpaired) electrons. The predicted octanol–water partition coefficient (Wildman–Crippen LogP) is 4.66. The van der Waals surface area contributed by atoms with Crippen LogP contribution in [0, 0.1) is 0 Å². The molecule has 0 bridgehead atoms. The van der Waals surface area contributed by atoms with Crippen molar-refractivity contribution in [2.45, 2.75) is 36.8 Å². The van der Waals surface area contributed by atoms with E-state index in [0.29, 0.717) is 0 Å². The van der Waals surface area contributed by atoms with Crippen LogP contribution in [-0.4, -0.2) is 101 Å². The number of phenolic OH excluding ortho intramolecular Hbond substituents is 15. The molecule has 2 heterocycles. The van der Waals surface area contributed by atoms with Gasteiger partial charge in [-0.1, -0.05) is 6.07 Å². The first kappa shape index (κ1) is 42.5. The van der Waals surface area contributed by atoms with Crippen molar-refractivity contribution in [3.8, 4) is 97.7 Å². The van der Waals surface area contributed by atoms with Crippen LogP contribution >= 0.6 is 0 Å². The number of hydrogen-bond donors (Lipinski definition) is 15. The van der Waals surface area contributed by atoms with E-state index in [9.17, 15) is 86.2 Å². The van der Waals surface area contributed by atoms with E-state index in [1.807, 2.05) is 0 Å². The number of phenols is 15. The molecule has 336 valence electrons. The van der Waals surface area contributed by atoms with Gasteiger partial charge in [-0.2, -0.15) is 0 Å².